The number of hydrogen-bond donors (Lipinski definition) is 2. The van der Waals surface area contributed by atoms with Gasteiger partial charge in [0.25, 0.3) is 0 Å². The van der Waals surface area contributed by atoms with E-state index in [1.54, 1.807) is 48.5 Å². The standard InChI is InChI=1S/C22H34N2O6/c1-15(2)17(23-19(26)28-13-16-11-9-8-10-12-16)18(25)29-14-22(6,7)24-20(27)30-21(3,4)5/h8-12,15,17H,13-14H2,1-7H3,(H,23,26)(H,24,27)/t17-/m0/s1. The smallest absolute Gasteiger partial charge is 0.408 e. The van der Waals surface area contributed by atoms with Crippen LogP contribution in [0.5, 0.6) is 0 Å². The number of ether oxygens (including phenoxy) is 3. The minimum atomic E-state index is -0.884. The van der Waals surface area contributed by atoms with E-state index < -0.39 is 35.3 Å². The molecule has 8 nitrogen and oxygen atoms in total. The zero-order chi connectivity index (χ0) is 22.9. The van der Waals surface area contributed by atoms with Crippen molar-refractivity contribution in [3.63, 3.8) is 0 Å². The van der Waals surface area contributed by atoms with Crippen LogP contribution in [0.3, 0.4) is 0 Å². The predicted octanol–water partition coefficient (Wildman–Crippen LogP) is 3.78. The second-order valence-electron chi connectivity index (χ2n) is 9.05. The SMILES string of the molecule is CC(C)[C@H](NC(=O)OCc1ccccc1)C(=O)OCC(C)(C)NC(=O)OC(C)(C)C. The third-order valence-corrected chi connectivity index (χ3v) is 3.82. The molecule has 0 heterocycles. The first-order valence-electron chi connectivity index (χ1n) is 9.94. The summed E-state index contributed by atoms with van der Waals surface area (Å²) in [5.74, 6) is -0.829. The topological polar surface area (TPSA) is 103 Å². The average Bonchev–Trinajstić information content (AvgIpc) is 2.61. The van der Waals surface area contributed by atoms with Gasteiger partial charge < -0.3 is 24.8 Å². The number of alkyl carbamates (subject to hydrolysis) is 2. The molecule has 1 aromatic rings. The molecule has 30 heavy (non-hydrogen) atoms. The van der Waals surface area contributed by atoms with Gasteiger partial charge >= 0.3 is 18.2 Å². The number of esters is 1. The molecule has 1 rings (SSSR count). The Labute approximate surface area is 178 Å². The third kappa shape index (κ3) is 10.1. The molecule has 0 unspecified atom stereocenters. The van der Waals surface area contributed by atoms with E-state index in [2.05, 4.69) is 10.6 Å². The van der Waals surface area contributed by atoms with Gasteiger partial charge in [-0.25, -0.2) is 14.4 Å². The highest BCUT2D eigenvalue weighted by Crippen LogP contribution is 2.12. The van der Waals surface area contributed by atoms with Gasteiger partial charge in [-0.1, -0.05) is 44.2 Å². The number of benzene rings is 1. The molecule has 0 spiro atoms. The largest absolute Gasteiger partial charge is 0.462 e. The van der Waals surface area contributed by atoms with Gasteiger partial charge in [0.05, 0.1) is 5.54 Å². The Hall–Kier alpha value is -2.77. The second kappa shape index (κ2) is 10.8. The van der Waals surface area contributed by atoms with Gasteiger partial charge in [-0.3, -0.25) is 0 Å². The number of amides is 2. The lowest BCUT2D eigenvalue weighted by Crippen LogP contribution is -2.51. The van der Waals surface area contributed by atoms with Crippen LogP contribution in [0.2, 0.25) is 0 Å². The Morgan fingerprint density at radius 1 is 0.933 bits per heavy atom. The van der Waals surface area contributed by atoms with Crippen LogP contribution in [0.4, 0.5) is 9.59 Å². The van der Waals surface area contributed by atoms with E-state index >= 15 is 0 Å². The fourth-order valence-corrected chi connectivity index (χ4v) is 2.35. The van der Waals surface area contributed by atoms with Gasteiger partial charge in [0.2, 0.25) is 0 Å². The number of nitrogens with one attached hydrogen (secondary N) is 2. The maximum Gasteiger partial charge on any atom is 0.408 e. The molecule has 8 heteroatoms. The van der Waals surface area contributed by atoms with E-state index in [0.717, 1.165) is 5.56 Å². The Balaban J connectivity index is 2.55. The van der Waals surface area contributed by atoms with Gasteiger partial charge in [-0.2, -0.15) is 0 Å². The summed E-state index contributed by atoms with van der Waals surface area (Å²) in [6, 6.07) is 8.34. The molecule has 168 valence electrons. The third-order valence-electron chi connectivity index (χ3n) is 3.82. The highest BCUT2D eigenvalue weighted by atomic mass is 16.6. The quantitative estimate of drug-likeness (QED) is 0.488. The molecule has 0 fully saturated rings. The van der Waals surface area contributed by atoms with Crippen molar-refractivity contribution >= 4 is 18.2 Å². The predicted molar refractivity (Wildman–Crippen MR) is 113 cm³/mol. The number of carbonyl (C=O) groups is 3. The van der Waals surface area contributed by atoms with E-state index in [4.69, 9.17) is 14.2 Å². The Morgan fingerprint density at radius 2 is 1.53 bits per heavy atom. The molecular weight excluding hydrogens is 388 g/mol. The summed E-state index contributed by atoms with van der Waals surface area (Å²) < 4.78 is 15.7. The van der Waals surface area contributed by atoms with Crippen LogP contribution in [0.1, 0.15) is 54.0 Å². The first-order chi connectivity index (χ1) is 13.8. The molecule has 0 aromatic heterocycles. The van der Waals surface area contributed by atoms with Crippen LogP contribution in [0, 0.1) is 5.92 Å². The lowest BCUT2D eigenvalue weighted by atomic mass is 10.0. The molecule has 2 N–H and O–H groups in total. The van der Waals surface area contributed by atoms with Crippen LogP contribution < -0.4 is 10.6 Å². The highest BCUT2D eigenvalue weighted by Gasteiger charge is 2.30. The van der Waals surface area contributed by atoms with E-state index in [-0.39, 0.29) is 19.1 Å². The first-order valence-corrected chi connectivity index (χ1v) is 9.94. The monoisotopic (exact) mass is 422 g/mol. The Kier molecular flexibility index (Phi) is 9.14. The van der Waals surface area contributed by atoms with Crippen LogP contribution in [0.25, 0.3) is 0 Å². The summed E-state index contributed by atoms with van der Waals surface area (Å²) in [4.78, 5) is 36.6. The Morgan fingerprint density at radius 3 is 2.07 bits per heavy atom. The number of carbonyl (C=O) groups excluding carboxylic acids is 3. The lowest BCUT2D eigenvalue weighted by molar-refractivity contribution is -0.149. The van der Waals surface area contributed by atoms with Crippen molar-refractivity contribution < 1.29 is 28.6 Å². The summed E-state index contributed by atoms with van der Waals surface area (Å²) >= 11 is 0. The summed E-state index contributed by atoms with van der Waals surface area (Å²) in [7, 11) is 0. The van der Waals surface area contributed by atoms with Crippen molar-refractivity contribution in [3.05, 3.63) is 35.9 Å². The molecule has 0 saturated carbocycles. The Bertz CT molecular complexity index is 710. The molecule has 0 aliphatic rings. The summed E-state index contributed by atoms with van der Waals surface area (Å²) in [6.45, 7) is 12.3. The van der Waals surface area contributed by atoms with Gasteiger partial charge in [0.1, 0.15) is 24.9 Å². The summed E-state index contributed by atoms with van der Waals surface area (Å²) in [5, 5.41) is 5.21. The van der Waals surface area contributed by atoms with Crippen molar-refractivity contribution in [2.24, 2.45) is 5.92 Å². The summed E-state index contributed by atoms with van der Waals surface area (Å²) in [6.07, 6.45) is -1.31. The second-order valence-corrected chi connectivity index (χ2v) is 9.05. The minimum Gasteiger partial charge on any atom is -0.462 e. The van der Waals surface area contributed by atoms with Crippen LogP contribution >= 0.6 is 0 Å². The number of rotatable bonds is 8. The first kappa shape index (κ1) is 25.3. The molecular formula is C22H34N2O6. The normalized spacial score (nSPS) is 12.7. The molecule has 0 aliphatic heterocycles. The van der Waals surface area contributed by atoms with Gasteiger partial charge in [0, 0.05) is 0 Å². The fraction of sp³-hybridized carbons (Fsp3) is 0.591. The zero-order valence-corrected chi connectivity index (χ0v) is 18.9. The molecule has 1 atom stereocenters. The zero-order valence-electron chi connectivity index (χ0n) is 18.9. The molecule has 0 saturated heterocycles. The van der Waals surface area contributed by atoms with Gasteiger partial charge in [-0.05, 0) is 46.1 Å². The maximum atomic E-state index is 12.5. The van der Waals surface area contributed by atoms with Crippen LogP contribution in [-0.4, -0.2) is 41.9 Å². The van der Waals surface area contributed by atoms with E-state index in [0.29, 0.717) is 0 Å². The van der Waals surface area contributed by atoms with Crippen molar-refractivity contribution in [1.29, 1.82) is 0 Å². The molecule has 2 amide bonds. The molecule has 0 aliphatic carbocycles. The fourth-order valence-electron chi connectivity index (χ4n) is 2.35. The van der Waals surface area contributed by atoms with Gasteiger partial charge in [0.15, 0.2) is 0 Å². The molecule has 1 aromatic carbocycles. The number of hydrogen-bond acceptors (Lipinski definition) is 6. The van der Waals surface area contributed by atoms with Crippen molar-refractivity contribution in [1.82, 2.24) is 10.6 Å². The van der Waals surface area contributed by atoms with E-state index in [1.807, 2.05) is 30.3 Å². The van der Waals surface area contributed by atoms with E-state index in [1.165, 1.54) is 0 Å². The van der Waals surface area contributed by atoms with Crippen molar-refractivity contribution in [2.75, 3.05) is 6.61 Å². The van der Waals surface area contributed by atoms with Crippen LogP contribution in [-0.2, 0) is 25.6 Å². The maximum absolute atomic E-state index is 12.5. The average molecular weight is 423 g/mol. The van der Waals surface area contributed by atoms with Crippen LogP contribution in [0.15, 0.2) is 30.3 Å². The highest BCUT2D eigenvalue weighted by molar-refractivity contribution is 5.81. The molecule has 0 bridgehead atoms. The van der Waals surface area contributed by atoms with E-state index in [9.17, 15) is 14.4 Å². The van der Waals surface area contributed by atoms with Gasteiger partial charge in [-0.15, -0.1) is 0 Å². The summed E-state index contributed by atoms with van der Waals surface area (Å²) in [5.41, 5.74) is -0.650. The van der Waals surface area contributed by atoms with Crippen molar-refractivity contribution in [3.8, 4) is 0 Å². The lowest BCUT2D eigenvalue weighted by Gasteiger charge is -2.29. The molecule has 0 radical (unpaired) electrons. The van der Waals surface area contributed by atoms with Crippen molar-refractivity contribution in [2.45, 2.75) is 72.3 Å². The minimum absolute atomic E-state index is 0.0883.